The molecule has 4 heteroatoms. The van der Waals surface area contributed by atoms with Crippen molar-refractivity contribution in [3.05, 3.63) is 0 Å². The highest BCUT2D eigenvalue weighted by Gasteiger charge is 2.24. The third-order valence-corrected chi connectivity index (χ3v) is 3.32. The van der Waals surface area contributed by atoms with Crippen molar-refractivity contribution in [1.29, 1.82) is 0 Å². The molecule has 1 amide bonds. The standard InChI is InChI=1S/C12H24N2O.ClH/c1-2-3-8-12(15)14-11-7-5-4-6-10(11)9-13;/h10-11H,2-9,13H2,1H3,(H,14,15);1H. The van der Waals surface area contributed by atoms with Crippen molar-refractivity contribution in [3.63, 3.8) is 0 Å². The van der Waals surface area contributed by atoms with Crippen molar-refractivity contribution in [3.8, 4) is 0 Å². The van der Waals surface area contributed by atoms with Gasteiger partial charge >= 0.3 is 0 Å². The third kappa shape index (κ3) is 5.17. The average molecular weight is 249 g/mol. The van der Waals surface area contributed by atoms with Gasteiger partial charge in [0.15, 0.2) is 0 Å². The molecule has 0 spiro atoms. The lowest BCUT2D eigenvalue weighted by Gasteiger charge is -2.31. The van der Waals surface area contributed by atoms with Gasteiger partial charge in [0.2, 0.25) is 5.91 Å². The first kappa shape index (κ1) is 15.7. The van der Waals surface area contributed by atoms with Gasteiger partial charge in [-0.2, -0.15) is 0 Å². The van der Waals surface area contributed by atoms with Crippen LogP contribution < -0.4 is 11.1 Å². The second-order valence-electron chi connectivity index (χ2n) is 4.56. The maximum absolute atomic E-state index is 11.6. The van der Waals surface area contributed by atoms with Gasteiger partial charge in [0.05, 0.1) is 0 Å². The number of carbonyl (C=O) groups excluding carboxylic acids is 1. The summed E-state index contributed by atoms with van der Waals surface area (Å²) >= 11 is 0. The summed E-state index contributed by atoms with van der Waals surface area (Å²) in [5.41, 5.74) is 5.72. The quantitative estimate of drug-likeness (QED) is 0.784. The molecule has 1 saturated carbocycles. The molecule has 0 aromatic carbocycles. The van der Waals surface area contributed by atoms with E-state index in [2.05, 4.69) is 12.2 Å². The van der Waals surface area contributed by atoms with Gasteiger partial charge < -0.3 is 11.1 Å². The van der Waals surface area contributed by atoms with Crippen molar-refractivity contribution < 1.29 is 4.79 Å². The molecular formula is C12H25ClN2O. The van der Waals surface area contributed by atoms with Crippen molar-refractivity contribution in [1.82, 2.24) is 5.32 Å². The lowest BCUT2D eigenvalue weighted by molar-refractivity contribution is -0.122. The van der Waals surface area contributed by atoms with Crippen LogP contribution in [0.3, 0.4) is 0 Å². The first-order valence-corrected chi connectivity index (χ1v) is 6.27. The minimum Gasteiger partial charge on any atom is -0.353 e. The molecule has 96 valence electrons. The van der Waals surface area contributed by atoms with Gasteiger partial charge in [0.1, 0.15) is 0 Å². The first-order chi connectivity index (χ1) is 7.27. The summed E-state index contributed by atoms with van der Waals surface area (Å²) in [6, 6.07) is 0.341. The zero-order valence-electron chi connectivity index (χ0n) is 10.2. The first-order valence-electron chi connectivity index (χ1n) is 6.27. The number of halogens is 1. The van der Waals surface area contributed by atoms with E-state index in [0.717, 1.165) is 19.3 Å². The van der Waals surface area contributed by atoms with Crippen LogP contribution in [0.5, 0.6) is 0 Å². The summed E-state index contributed by atoms with van der Waals surface area (Å²) in [6.07, 6.45) is 7.53. The maximum Gasteiger partial charge on any atom is 0.220 e. The lowest BCUT2D eigenvalue weighted by atomic mass is 9.84. The predicted molar refractivity (Wildman–Crippen MR) is 69.7 cm³/mol. The smallest absolute Gasteiger partial charge is 0.220 e. The molecule has 1 aliphatic rings. The molecule has 0 saturated heterocycles. The molecule has 16 heavy (non-hydrogen) atoms. The molecule has 1 fully saturated rings. The number of rotatable bonds is 5. The van der Waals surface area contributed by atoms with Gasteiger partial charge in [-0.05, 0) is 31.7 Å². The summed E-state index contributed by atoms with van der Waals surface area (Å²) in [5.74, 6) is 0.714. The van der Waals surface area contributed by atoms with Crippen molar-refractivity contribution >= 4 is 18.3 Å². The number of unbranched alkanes of at least 4 members (excludes halogenated alkanes) is 1. The molecule has 1 rings (SSSR count). The fourth-order valence-electron chi connectivity index (χ4n) is 2.30. The molecule has 0 aromatic heterocycles. The Kier molecular flexibility index (Phi) is 8.67. The zero-order chi connectivity index (χ0) is 11.1. The summed E-state index contributed by atoms with van der Waals surface area (Å²) in [6.45, 7) is 2.81. The largest absolute Gasteiger partial charge is 0.353 e. The van der Waals surface area contributed by atoms with E-state index in [1.807, 2.05) is 0 Å². The van der Waals surface area contributed by atoms with Gasteiger partial charge in [-0.25, -0.2) is 0 Å². The van der Waals surface area contributed by atoms with E-state index in [-0.39, 0.29) is 18.3 Å². The van der Waals surface area contributed by atoms with E-state index in [0.29, 0.717) is 24.9 Å². The van der Waals surface area contributed by atoms with Crippen molar-refractivity contribution in [2.45, 2.75) is 57.9 Å². The predicted octanol–water partition coefficient (Wildman–Crippen LogP) is 2.23. The van der Waals surface area contributed by atoms with Gasteiger partial charge in [-0.15, -0.1) is 12.4 Å². The van der Waals surface area contributed by atoms with Crippen molar-refractivity contribution in [2.24, 2.45) is 11.7 Å². The van der Waals surface area contributed by atoms with Crippen LogP contribution in [0, 0.1) is 5.92 Å². The Morgan fingerprint density at radius 1 is 1.38 bits per heavy atom. The molecule has 2 unspecified atom stereocenters. The second-order valence-corrected chi connectivity index (χ2v) is 4.56. The van der Waals surface area contributed by atoms with E-state index < -0.39 is 0 Å². The minimum absolute atomic E-state index is 0. The monoisotopic (exact) mass is 248 g/mol. The van der Waals surface area contributed by atoms with Crippen LogP contribution in [0.15, 0.2) is 0 Å². The molecule has 0 aliphatic heterocycles. The van der Waals surface area contributed by atoms with Gasteiger partial charge in [-0.3, -0.25) is 4.79 Å². The Labute approximate surface area is 105 Å². The summed E-state index contributed by atoms with van der Waals surface area (Å²) in [5, 5.41) is 3.14. The summed E-state index contributed by atoms with van der Waals surface area (Å²) in [4.78, 5) is 11.6. The van der Waals surface area contributed by atoms with Gasteiger partial charge in [0, 0.05) is 12.5 Å². The molecule has 3 N–H and O–H groups in total. The summed E-state index contributed by atoms with van der Waals surface area (Å²) in [7, 11) is 0. The van der Waals surface area contributed by atoms with Crippen LogP contribution in [0.1, 0.15) is 51.9 Å². The molecular weight excluding hydrogens is 224 g/mol. The Hall–Kier alpha value is -0.280. The zero-order valence-corrected chi connectivity index (χ0v) is 11.0. The number of hydrogen-bond donors (Lipinski definition) is 2. The number of nitrogens with two attached hydrogens (primary N) is 1. The highest BCUT2D eigenvalue weighted by Crippen LogP contribution is 2.23. The maximum atomic E-state index is 11.6. The summed E-state index contributed by atoms with van der Waals surface area (Å²) < 4.78 is 0. The Bertz CT molecular complexity index is 199. The van der Waals surface area contributed by atoms with E-state index in [9.17, 15) is 4.79 Å². The van der Waals surface area contributed by atoms with Crippen molar-refractivity contribution in [2.75, 3.05) is 6.54 Å². The number of amides is 1. The van der Waals surface area contributed by atoms with Crippen LogP contribution in [0.25, 0.3) is 0 Å². The lowest BCUT2D eigenvalue weighted by Crippen LogP contribution is -2.44. The van der Waals surface area contributed by atoms with Crippen LogP contribution in [0.2, 0.25) is 0 Å². The molecule has 0 radical (unpaired) electrons. The van der Waals surface area contributed by atoms with Crippen LogP contribution in [-0.2, 0) is 4.79 Å². The molecule has 0 heterocycles. The minimum atomic E-state index is 0. The third-order valence-electron chi connectivity index (χ3n) is 3.32. The van der Waals surface area contributed by atoms with Gasteiger partial charge in [-0.1, -0.05) is 26.2 Å². The van der Waals surface area contributed by atoms with E-state index in [1.165, 1.54) is 19.3 Å². The fraction of sp³-hybridized carbons (Fsp3) is 0.917. The molecule has 2 atom stereocenters. The number of carbonyl (C=O) groups is 1. The van der Waals surface area contributed by atoms with E-state index in [4.69, 9.17) is 5.73 Å². The van der Waals surface area contributed by atoms with E-state index in [1.54, 1.807) is 0 Å². The van der Waals surface area contributed by atoms with E-state index >= 15 is 0 Å². The normalized spacial score (nSPS) is 24.6. The number of nitrogens with one attached hydrogen (secondary N) is 1. The Morgan fingerprint density at radius 3 is 2.69 bits per heavy atom. The highest BCUT2D eigenvalue weighted by molar-refractivity contribution is 5.85. The van der Waals surface area contributed by atoms with Crippen LogP contribution in [-0.4, -0.2) is 18.5 Å². The fourth-order valence-corrected chi connectivity index (χ4v) is 2.30. The number of hydrogen-bond acceptors (Lipinski definition) is 2. The Balaban J connectivity index is 0.00000225. The van der Waals surface area contributed by atoms with Gasteiger partial charge in [0.25, 0.3) is 0 Å². The Morgan fingerprint density at radius 2 is 2.06 bits per heavy atom. The molecule has 3 nitrogen and oxygen atoms in total. The van der Waals surface area contributed by atoms with Crippen LogP contribution in [0.4, 0.5) is 0 Å². The van der Waals surface area contributed by atoms with Crippen LogP contribution >= 0.6 is 12.4 Å². The second kappa shape index (κ2) is 8.82. The molecule has 0 bridgehead atoms. The molecule has 0 aromatic rings. The average Bonchev–Trinajstić information content (AvgIpc) is 2.27. The topological polar surface area (TPSA) is 55.1 Å². The SMILES string of the molecule is CCCCC(=O)NC1CCCCC1CN.Cl. The highest BCUT2D eigenvalue weighted by atomic mass is 35.5. The molecule has 1 aliphatic carbocycles.